The molecular weight excluding hydrogens is 286 g/mol. The van der Waals surface area contributed by atoms with Crippen LogP contribution in [0.5, 0.6) is 0 Å². The van der Waals surface area contributed by atoms with Crippen LogP contribution in [-0.2, 0) is 14.3 Å². The van der Waals surface area contributed by atoms with Crippen LogP contribution in [0.25, 0.3) is 0 Å². The molecule has 0 saturated carbocycles. The predicted molar refractivity (Wildman–Crippen MR) is 89.4 cm³/mol. The van der Waals surface area contributed by atoms with Gasteiger partial charge in [0.1, 0.15) is 11.6 Å². The zero-order valence-electron chi connectivity index (χ0n) is 14.7. The molecule has 0 fully saturated rings. The molecule has 4 nitrogen and oxygen atoms in total. The number of hydrogen-bond donors (Lipinski definition) is 1. The lowest BCUT2D eigenvalue weighted by atomic mass is 9.99. The highest BCUT2D eigenvalue weighted by atomic mass is 32.2. The highest BCUT2D eigenvalue weighted by molar-refractivity contribution is 8.01. The lowest BCUT2D eigenvalue weighted by Crippen LogP contribution is -2.48. The van der Waals surface area contributed by atoms with Gasteiger partial charge in [-0.15, -0.1) is 11.8 Å². The molecule has 5 heteroatoms. The number of ether oxygens (including phenoxy) is 1. The van der Waals surface area contributed by atoms with Crippen LogP contribution in [0.4, 0.5) is 0 Å². The molecule has 0 aromatic rings. The Labute approximate surface area is 133 Å². The number of esters is 1. The standard InChI is InChI=1S/C16H31NO3S/c1-9-11(2)13(14(19)20-15(3,4)5)17-12(18)10-21-16(6,7)8/h11,13H,9-10H2,1-8H3,(H,17,18)/t11-,13-/m0/s1. The lowest BCUT2D eigenvalue weighted by molar-refractivity contribution is -0.160. The fourth-order valence-electron chi connectivity index (χ4n) is 1.53. The predicted octanol–water partition coefficient (Wildman–Crippen LogP) is 3.39. The number of nitrogens with one attached hydrogen (secondary N) is 1. The average molecular weight is 317 g/mol. The van der Waals surface area contributed by atoms with Gasteiger partial charge in [-0.05, 0) is 26.7 Å². The van der Waals surface area contributed by atoms with Crippen molar-refractivity contribution in [2.45, 2.75) is 78.2 Å². The second kappa shape index (κ2) is 8.06. The van der Waals surface area contributed by atoms with E-state index in [9.17, 15) is 9.59 Å². The maximum Gasteiger partial charge on any atom is 0.329 e. The van der Waals surface area contributed by atoms with Crippen molar-refractivity contribution in [1.29, 1.82) is 0 Å². The second-order valence-electron chi connectivity index (χ2n) is 7.37. The van der Waals surface area contributed by atoms with Gasteiger partial charge in [-0.2, -0.15) is 0 Å². The summed E-state index contributed by atoms with van der Waals surface area (Å²) >= 11 is 1.56. The summed E-state index contributed by atoms with van der Waals surface area (Å²) in [7, 11) is 0. The van der Waals surface area contributed by atoms with Gasteiger partial charge in [-0.25, -0.2) is 4.79 Å². The van der Waals surface area contributed by atoms with Crippen molar-refractivity contribution in [3.63, 3.8) is 0 Å². The molecule has 0 unspecified atom stereocenters. The van der Waals surface area contributed by atoms with Gasteiger partial charge in [0.15, 0.2) is 0 Å². The van der Waals surface area contributed by atoms with E-state index in [2.05, 4.69) is 26.1 Å². The molecule has 0 aliphatic carbocycles. The van der Waals surface area contributed by atoms with Crippen molar-refractivity contribution in [2.75, 3.05) is 5.75 Å². The van der Waals surface area contributed by atoms with E-state index in [-0.39, 0.29) is 22.5 Å². The number of thioether (sulfide) groups is 1. The minimum Gasteiger partial charge on any atom is -0.458 e. The van der Waals surface area contributed by atoms with Crippen LogP contribution in [0.1, 0.15) is 61.8 Å². The van der Waals surface area contributed by atoms with Crippen LogP contribution in [0.3, 0.4) is 0 Å². The number of carbonyl (C=O) groups is 2. The first-order valence-electron chi connectivity index (χ1n) is 7.52. The Balaban J connectivity index is 4.71. The molecule has 0 aromatic carbocycles. The molecule has 21 heavy (non-hydrogen) atoms. The first-order chi connectivity index (χ1) is 9.35. The van der Waals surface area contributed by atoms with Crippen molar-refractivity contribution in [3.8, 4) is 0 Å². The Bertz CT molecular complexity index is 356. The monoisotopic (exact) mass is 317 g/mol. The Morgan fingerprint density at radius 3 is 2.05 bits per heavy atom. The van der Waals surface area contributed by atoms with E-state index >= 15 is 0 Å². The average Bonchev–Trinajstić information content (AvgIpc) is 2.29. The highest BCUT2D eigenvalue weighted by Crippen LogP contribution is 2.23. The summed E-state index contributed by atoms with van der Waals surface area (Å²) < 4.78 is 5.43. The van der Waals surface area contributed by atoms with Gasteiger partial charge >= 0.3 is 5.97 Å². The first-order valence-corrected chi connectivity index (χ1v) is 8.50. The molecule has 0 aliphatic rings. The van der Waals surface area contributed by atoms with Crippen molar-refractivity contribution < 1.29 is 14.3 Å². The Morgan fingerprint density at radius 1 is 1.14 bits per heavy atom. The van der Waals surface area contributed by atoms with Crippen LogP contribution in [0.2, 0.25) is 0 Å². The van der Waals surface area contributed by atoms with Crippen LogP contribution < -0.4 is 5.32 Å². The molecular formula is C16H31NO3S. The molecule has 1 amide bonds. The molecule has 1 N–H and O–H groups in total. The van der Waals surface area contributed by atoms with Crippen LogP contribution in [0, 0.1) is 5.92 Å². The first kappa shape index (κ1) is 20.3. The maximum atomic E-state index is 12.3. The van der Waals surface area contributed by atoms with Crippen molar-refractivity contribution in [2.24, 2.45) is 5.92 Å². The van der Waals surface area contributed by atoms with E-state index in [1.807, 2.05) is 34.6 Å². The number of hydrogen-bond acceptors (Lipinski definition) is 4. The quantitative estimate of drug-likeness (QED) is 0.763. The maximum absolute atomic E-state index is 12.3. The minimum absolute atomic E-state index is 0.0229. The summed E-state index contributed by atoms with van der Waals surface area (Å²) in [5.41, 5.74) is -0.548. The lowest BCUT2D eigenvalue weighted by Gasteiger charge is -2.28. The van der Waals surface area contributed by atoms with E-state index in [1.54, 1.807) is 11.8 Å². The summed E-state index contributed by atoms with van der Waals surface area (Å²) in [6.45, 7) is 15.6. The second-order valence-corrected chi connectivity index (χ2v) is 9.17. The minimum atomic E-state index is -0.581. The van der Waals surface area contributed by atoms with Crippen molar-refractivity contribution in [1.82, 2.24) is 5.32 Å². The highest BCUT2D eigenvalue weighted by Gasteiger charge is 2.30. The molecule has 0 spiro atoms. The van der Waals surface area contributed by atoms with Gasteiger partial charge in [0.2, 0.25) is 5.91 Å². The van der Waals surface area contributed by atoms with Crippen LogP contribution in [-0.4, -0.2) is 34.0 Å². The van der Waals surface area contributed by atoms with E-state index in [1.165, 1.54) is 0 Å². The third kappa shape index (κ3) is 9.77. The summed E-state index contributed by atoms with van der Waals surface area (Å²) in [5, 5.41) is 2.83. The fraction of sp³-hybridized carbons (Fsp3) is 0.875. The summed E-state index contributed by atoms with van der Waals surface area (Å²) in [5.74, 6) is -0.0837. The summed E-state index contributed by atoms with van der Waals surface area (Å²) in [6, 6.07) is -0.581. The van der Waals surface area contributed by atoms with Crippen LogP contribution in [0.15, 0.2) is 0 Å². The molecule has 0 bridgehead atoms. The van der Waals surface area contributed by atoms with Gasteiger partial charge in [0, 0.05) is 4.75 Å². The summed E-state index contributed by atoms with van der Waals surface area (Å²) in [6.07, 6.45) is 0.802. The third-order valence-corrected chi connectivity index (χ3v) is 4.10. The van der Waals surface area contributed by atoms with Crippen molar-refractivity contribution in [3.05, 3.63) is 0 Å². The third-order valence-electron chi connectivity index (χ3n) is 2.83. The molecule has 0 heterocycles. The molecule has 0 rings (SSSR count). The van der Waals surface area contributed by atoms with Gasteiger partial charge in [0.25, 0.3) is 0 Å². The molecule has 0 aromatic heterocycles. The topological polar surface area (TPSA) is 55.4 Å². The zero-order chi connectivity index (χ0) is 16.8. The van der Waals surface area contributed by atoms with E-state index < -0.39 is 11.6 Å². The largest absolute Gasteiger partial charge is 0.458 e. The van der Waals surface area contributed by atoms with Crippen LogP contribution >= 0.6 is 11.8 Å². The molecule has 0 radical (unpaired) electrons. The Morgan fingerprint density at radius 2 is 1.67 bits per heavy atom. The van der Waals surface area contributed by atoms with Gasteiger partial charge in [-0.3, -0.25) is 4.79 Å². The van der Waals surface area contributed by atoms with Gasteiger partial charge < -0.3 is 10.1 Å². The Hall–Kier alpha value is -0.710. The van der Waals surface area contributed by atoms with E-state index in [0.29, 0.717) is 5.75 Å². The molecule has 0 aliphatic heterocycles. The number of rotatable bonds is 6. The normalized spacial score (nSPS) is 15.2. The SMILES string of the molecule is CC[C@H](C)[C@H](NC(=O)CSC(C)(C)C)C(=O)OC(C)(C)C. The smallest absolute Gasteiger partial charge is 0.329 e. The Kier molecular flexibility index (Phi) is 7.79. The van der Waals surface area contributed by atoms with E-state index in [0.717, 1.165) is 6.42 Å². The number of amides is 1. The fourth-order valence-corrected chi connectivity index (χ4v) is 2.18. The van der Waals surface area contributed by atoms with E-state index in [4.69, 9.17) is 4.74 Å². The summed E-state index contributed by atoms with van der Waals surface area (Å²) in [4.78, 5) is 24.3. The zero-order valence-corrected chi connectivity index (χ0v) is 15.5. The number of carbonyl (C=O) groups excluding carboxylic acids is 2. The van der Waals surface area contributed by atoms with Gasteiger partial charge in [-0.1, -0.05) is 41.0 Å². The van der Waals surface area contributed by atoms with Crippen molar-refractivity contribution >= 4 is 23.6 Å². The molecule has 2 atom stereocenters. The van der Waals surface area contributed by atoms with Gasteiger partial charge in [0.05, 0.1) is 5.75 Å². The molecule has 0 saturated heterocycles. The molecule has 124 valence electrons.